The zero-order valence-electron chi connectivity index (χ0n) is 18.8. The SMILES string of the molecule is Bc1cnn2c(NCc3cccnc3)cc(C3CCCN(C(=O)c4ccc(O)c(O)c4)C3)nc12. The highest BCUT2D eigenvalue weighted by molar-refractivity contribution is 6.36. The molecule has 1 aromatic carbocycles. The third-order valence-electron chi connectivity index (χ3n) is 6.21. The van der Waals surface area contributed by atoms with Gasteiger partial charge in [-0.25, -0.2) is 4.98 Å². The van der Waals surface area contributed by atoms with E-state index in [1.54, 1.807) is 21.8 Å². The summed E-state index contributed by atoms with van der Waals surface area (Å²) in [5, 5.41) is 27.3. The summed E-state index contributed by atoms with van der Waals surface area (Å²) in [6.07, 6.45) is 7.15. The van der Waals surface area contributed by atoms with Crippen molar-refractivity contribution in [1.82, 2.24) is 24.5 Å². The zero-order valence-corrected chi connectivity index (χ0v) is 18.8. The Labute approximate surface area is 197 Å². The Bertz CT molecular complexity index is 1340. The van der Waals surface area contributed by atoms with E-state index in [4.69, 9.17) is 4.98 Å². The van der Waals surface area contributed by atoms with Gasteiger partial charge < -0.3 is 20.4 Å². The summed E-state index contributed by atoms with van der Waals surface area (Å²) < 4.78 is 1.81. The first-order valence-corrected chi connectivity index (χ1v) is 11.3. The number of aromatic nitrogens is 4. The van der Waals surface area contributed by atoms with Crippen molar-refractivity contribution in [3.8, 4) is 11.5 Å². The second-order valence-corrected chi connectivity index (χ2v) is 8.64. The van der Waals surface area contributed by atoms with Crippen LogP contribution in [0.4, 0.5) is 5.82 Å². The molecule has 1 atom stereocenters. The van der Waals surface area contributed by atoms with Gasteiger partial charge in [-0.05, 0) is 48.1 Å². The molecule has 0 spiro atoms. The van der Waals surface area contributed by atoms with Crippen LogP contribution in [0.2, 0.25) is 0 Å². The molecule has 10 heteroatoms. The molecule has 4 heterocycles. The van der Waals surface area contributed by atoms with Crippen LogP contribution in [0, 0.1) is 0 Å². The topological polar surface area (TPSA) is 116 Å². The molecular weight excluding hydrogens is 431 g/mol. The van der Waals surface area contributed by atoms with E-state index in [1.165, 1.54) is 18.2 Å². The monoisotopic (exact) mass is 456 g/mol. The first kappa shape index (κ1) is 21.8. The van der Waals surface area contributed by atoms with Crippen molar-refractivity contribution in [2.75, 3.05) is 18.4 Å². The van der Waals surface area contributed by atoms with E-state index in [0.29, 0.717) is 25.2 Å². The maximum Gasteiger partial charge on any atom is 0.254 e. The number of carbonyl (C=O) groups excluding carboxylic acids is 1. The van der Waals surface area contributed by atoms with Crippen LogP contribution >= 0.6 is 0 Å². The van der Waals surface area contributed by atoms with Crippen LogP contribution < -0.4 is 10.8 Å². The number of likely N-dealkylation sites (tertiary alicyclic amines) is 1. The number of piperidine rings is 1. The van der Waals surface area contributed by atoms with Gasteiger partial charge in [-0.3, -0.25) is 9.78 Å². The number of nitrogens with one attached hydrogen (secondary N) is 1. The Balaban J connectivity index is 1.41. The summed E-state index contributed by atoms with van der Waals surface area (Å²) >= 11 is 0. The number of rotatable bonds is 5. The molecule has 1 saturated heterocycles. The van der Waals surface area contributed by atoms with Crippen LogP contribution in [0.1, 0.15) is 40.4 Å². The molecule has 1 amide bonds. The molecule has 172 valence electrons. The number of aromatic hydroxyl groups is 2. The van der Waals surface area contributed by atoms with Crippen molar-refractivity contribution in [3.63, 3.8) is 0 Å². The van der Waals surface area contributed by atoms with Crippen molar-refractivity contribution in [2.24, 2.45) is 0 Å². The highest BCUT2D eigenvalue weighted by atomic mass is 16.3. The number of phenolic OH excluding ortho intramolecular Hbond substituents is 2. The van der Waals surface area contributed by atoms with Gasteiger partial charge in [0.05, 0.1) is 5.69 Å². The highest BCUT2D eigenvalue weighted by Crippen LogP contribution is 2.30. The second kappa shape index (κ2) is 9.05. The van der Waals surface area contributed by atoms with Gasteiger partial charge in [-0.15, -0.1) is 0 Å². The van der Waals surface area contributed by atoms with E-state index in [1.807, 2.05) is 32.2 Å². The minimum Gasteiger partial charge on any atom is -0.504 e. The standard InChI is InChI=1S/C24H25BN6O3/c25-18-13-28-31-22(27-12-15-3-1-7-26-11-15)10-19(29-23(18)31)17-4-2-8-30(14-17)24(34)16-5-6-20(32)21(33)9-16/h1,3,5-7,9-11,13,17,27,32-33H,2,4,8,12,14,25H2. The van der Waals surface area contributed by atoms with E-state index >= 15 is 0 Å². The van der Waals surface area contributed by atoms with Gasteiger partial charge in [0, 0.05) is 55.8 Å². The summed E-state index contributed by atoms with van der Waals surface area (Å²) in [5.74, 6) is 0.196. The smallest absolute Gasteiger partial charge is 0.254 e. The van der Waals surface area contributed by atoms with Crippen molar-refractivity contribution < 1.29 is 15.0 Å². The van der Waals surface area contributed by atoms with Gasteiger partial charge in [0.25, 0.3) is 5.91 Å². The lowest BCUT2D eigenvalue weighted by Gasteiger charge is -2.33. The van der Waals surface area contributed by atoms with Gasteiger partial charge in [0.15, 0.2) is 17.1 Å². The van der Waals surface area contributed by atoms with Gasteiger partial charge in [-0.1, -0.05) is 6.07 Å². The molecule has 0 aliphatic carbocycles. The molecule has 9 nitrogen and oxygen atoms in total. The molecule has 0 bridgehead atoms. The summed E-state index contributed by atoms with van der Waals surface area (Å²) in [4.78, 5) is 23.9. The first-order valence-electron chi connectivity index (χ1n) is 11.3. The average Bonchev–Trinajstić information content (AvgIpc) is 3.25. The number of carbonyl (C=O) groups is 1. The fourth-order valence-electron chi connectivity index (χ4n) is 4.36. The van der Waals surface area contributed by atoms with Crippen LogP contribution in [-0.2, 0) is 6.54 Å². The number of hydrogen-bond donors (Lipinski definition) is 3. The van der Waals surface area contributed by atoms with Crippen LogP contribution in [0.5, 0.6) is 11.5 Å². The number of fused-ring (bicyclic) bond motifs is 1. The number of nitrogens with zero attached hydrogens (tertiary/aromatic N) is 5. The molecule has 1 fully saturated rings. The van der Waals surface area contributed by atoms with Crippen LogP contribution in [0.3, 0.4) is 0 Å². The maximum atomic E-state index is 13.1. The Hall–Kier alpha value is -4.08. The lowest BCUT2D eigenvalue weighted by molar-refractivity contribution is 0.0705. The van der Waals surface area contributed by atoms with Crippen molar-refractivity contribution in [2.45, 2.75) is 25.3 Å². The molecule has 3 N–H and O–H groups in total. The molecule has 1 aliphatic heterocycles. The van der Waals surface area contributed by atoms with Gasteiger partial charge in [-0.2, -0.15) is 9.61 Å². The second-order valence-electron chi connectivity index (χ2n) is 8.64. The molecule has 4 aromatic rings. The van der Waals surface area contributed by atoms with E-state index in [9.17, 15) is 15.0 Å². The lowest BCUT2D eigenvalue weighted by atomic mass is 9.93. The molecule has 3 aromatic heterocycles. The summed E-state index contributed by atoms with van der Waals surface area (Å²) in [7, 11) is 1.98. The molecule has 1 unspecified atom stereocenters. The highest BCUT2D eigenvalue weighted by Gasteiger charge is 2.28. The minimum absolute atomic E-state index is 0.0710. The Morgan fingerprint density at radius 1 is 1.18 bits per heavy atom. The quantitative estimate of drug-likeness (QED) is 0.307. The average molecular weight is 456 g/mol. The summed E-state index contributed by atoms with van der Waals surface area (Å²) in [6, 6.07) is 10.1. The fraction of sp³-hybridized carbons (Fsp3) is 0.250. The van der Waals surface area contributed by atoms with Crippen molar-refractivity contribution in [1.29, 1.82) is 0 Å². The van der Waals surface area contributed by atoms with Gasteiger partial charge in [0.2, 0.25) is 0 Å². The predicted molar refractivity (Wildman–Crippen MR) is 130 cm³/mol. The van der Waals surface area contributed by atoms with Gasteiger partial charge >= 0.3 is 0 Å². The fourth-order valence-corrected chi connectivity index (χ4v) is 4.36. The first-order chi connectivity index (χ1) is 16.5. The summed E-state index contributed by atoms with van der Waals surface area (Å²) in [6.45, 7) is 1.76. The normalized spacial score (nSPS) is 16.0. The van der Waals surface area contributed by atoms with Crippen LogP contribution in [0.25, 0.3) is 5.65 Å². The largest absolute Gasteiger partial charge is 0.504 e. The number of pyridine rings is 1. The van der Waals surface area contributed by atoms with Crippen molar-refractivity contribution >= 4 is 30.7 Å². The number of hydrogen-bond acceptors (Lipinski definition) is 7. The predicted octanol–water partition coefficient (Wildman–Crippen LogP) is 1.43. The molecule has 0 radical (unpaired) electrons. The van der Waals surface area contributed by atoms with E-state index in [2.05, 4.69) is 15.4 Å². The lowest BCUT2D eigenvalue weighted by Crippen LogP contribution is -2.39. The van der Waals surface area contributed by atoms with Crippen molar-refractivity contribution in [3.05, 3.63) is 71.8 Å². The van der Waals surface area contributed by atoms with Crippen LogP contribution in [-0.4, -0.2) is 61.5 Å². The van der Waals surface area contributed by atoms with E-state index in [0.717, 1.165) is 41.0 Å². The Morgan fingerprint density at radius 3 is 2.85 bits per heavy atom. The zero-order chi connectivity index (χ0) is 23.7. The minimum atomic E-state index is -0.299. The molecule has 34 heavy (non-hydrogen) atoms. The Morgan fingerprint density at radius 2 is 2.06 bits per heavy atom. The molecular formula is C24H25BN6O3. The number of phenols is 2. The van der Waals surface area contributed by atoms with E-state index < -0.39 is 0 Å². The Kier molecular flexibility index (Phi) is 5.79. The molecule has 1 aliphatic rings. The number of benzene rings is 1. The maximum absolute atomic E-state index is 13.1. The molecule has 5 rings (SSSR count). The number of anilines is 1. The number of amides is 1. The molecule has 0 saturated carbocycles. The third kappa shape index (κ3) is 4.26. The van der Waals surface area contributed by atoms with Crippen LogP contribution in [0.15, 0.2) is 55.0 Å². The van der Waals surface area contributed by atoms with Gasteiger partial charge in [0.1, 0.15) is 13.7 Å². The van der Waals surface area contributed by atoms with E-state index in [-0.39, 0.29) is 23.3 Å². The summed E-state index contributed by atoms with van der Waals surface area (Å²) in [5.41, 5.74) is 4.10. The third-order valence-corrected chi connectivity index (χ3v) is 6.21.